The van der Waals surface area contributed by atoms with E-state index in [-0.39, 0.29) is 28.3 Å². The maximum absolute atomic E-state index is 12.3. The number of benzene rings is 2. The highest BCUT2D eigenvalue weighted by molar-refractivity contribution is 6.22. The number of hydrazine groups is 1. The van der Waals surface area contributed by atoms with Crippen LogP contribution in [0.5, 0.6) is 5.75 Å². The van der Waals surface area contributed by atoms with Crippen LogP contribution in [0.3, 0.4) is 0 Å². The van der Waals surface area contributed by atoms with Gasteiger partial charge in [0.1, 0.15) is 5.75 Å². The molecule has 12 nitrogen and oxygen atoms in total. The number of amides is 3. The summed E-state index contributed by atoms with van der Waals surface area (Å²) in [6.45, 7) is -0.578. The van der Waals surface area contributed by atoms with Crippen molar-refractivity contribution in [1.29, 1.82) is 0 Å². The summed E-state index contributed by atoms with van der Waals surface area (Å²) in [6, 6.07) is 8.10. The lowest BCUT2D eigenvalue weighted by molar-refractivity contribution is -0.385. The van der Waals surface area contributed by atoms with Crippen LogP contribution in [0.1, 0.15) is 20.7 Å². The lowest BCUT2D eigenvalue weighted by atomic mass is 10.1. The van der Waals surface area contributed by atoms with E-state index >= 15 is 0 Å². The Kier molecular flexibility index (Phi) is 4.68. The minimum absolute atomic E-state index is 0.0767. The smallest absolute Gasteiger partial charge is 0.280 e. The third-order valence-electron chi connectivity index (χ3n) is 3.73. The first kappa shape index (κ1) is 18.4. The maximum Gasteiger partial charge on any atom is 0.280 e. The lowest BCUT2D eigenvalue weighted by Gasteiger charge is -2.15. The van der Waals surface area contributed by atoms with Gasteiger partial charge in [0.2, 0.25) is 0 Å². The Labute approximate surface area is 155 Å². The van der Waals surface area contributed by atoms with Gasteiger partial charge in [-0.05, 0) is 18.2 Å². The van der Waals surface area contributed by atoms with Crippen molar-refractivity contribution in [2.75, 3.05) is 6.61 Å². The Balaban J connectivity index is 1.64. The Morgan fingerprint density at radius 2 is 1.50 bits per heavy atom. The van der Waals surface area contributed by atoms with Crippen LogP contribution in [0.2, 0.25) is 0 Å². The van der Waals surface area contributed by atoms with Crippen LogP contribution in [-0.2, 0) is 4.79 Å². The molecule has 0 saturated carbocycles. The van der Waals surface area contributed by atoms with Crippen LogP contribution in [0.15, 0.2) is 42.5 Å². The molecule has 0 aliphatic carbocycles. The van der Waals surface area contributed by atoms with Crippen LogP contribution < -0.4 is 10.2 Å². The summed E-state index contributed by atoms with van der Waals surface area (Å²) in [5.74, 6) is -2.42. The van der Waals surface area contributed by atoms with Crippen LogP contribution in [0.25, 0.3) is 0 Å². The van der Waals surface area contributed by atoms with Crippen molar-refractivity contribution in [1.82, 2.24) is 10.4 Å². The highest BCUT2D eigenvalue weighted by Gasteiger charge is 2.38. The summed E-state index contributed by atoms with van der Waals surface area (Å²) in [5.41, 5.74) is 1.27. The molecule has 1 heterocycles. The predicted molar refractivity (Wildman–Crippen MR) is 90.3 cm³/mol. The predicted octanol–water partition coefficient (Wildman–Crippen LogP) is 1.21. The number of carbonyl (C=O) groups excluding carboxylic acids is 3. The summed E-state index contributed by atoms with van der Waals surface area (Å²) in [7, 11) is 0. The Bertz CT molecular complexity index is 1020. The second-order valence-electron chi connectivity index (χ2n) is 5.51. The number of non-ortho nitro benzene ring substituents is 2. The molecule has 12 heteroatoms. The standard InChI is InChI=1S/C16H10N4O8/c21-14(8-28-11-4-1-9(2-5-11)19(24)25)17-18-15(22)12-6-3-10(20(26)27)7-13(12)16(18)23/h1-7H,8H2,(H,17,21). The van der Waals surface area contributed by atoms with Gasteiger partial charge in [-0.2, -0.15) is 5.01 Å². The van der Waals surface area contributed by atoms with E-state index in [0.29, 0.717) is 5.01 Å². The van der Waals surface area contributed by atoms with Gasteiger partial charge < -0.3 is 4.74 Å². The molecule has 1 aliphatic heterocycles. The molecule has 0 atom stereocenters. The topological polar surface area (TPSA) is 162 Å². The average Bonchev–Trinajstić information content (AvgIpc) is 2.91. The molecule has 142 valence electrons. The van der Waals surface area contributed by atoms with Crippen LogP contribution in [0.4, 0.5) is 11.4 Å². The quantitative estimate of drug-likeness (QED) is 0.440. The number of imide groups is 1. The second kappa shape index (κ2) is 7.11. The number of ether oxygens (including phenoxy) is 1. The van der Waals surface area contributed by atoms with Crippen molar-refractivity contribution in [3.63, 3.8) is 0 Å². The van der Waals surface area contributed by atoms with Gasteiger partial charge in [-0.1, -0.05) is 0 Å². The van der Waals surface area contributed by atoms with Crippen LogP contribution in [0, 0.1) is 20.2 Å². The molecule has 3 rings (SSSR count). The van der Waals surface area contributed by atoms with Crippen LogP contribution >= 0.6 is 0 Å². The molecule has 28 heavy (non-hydrogen) atoms. The third kappa shape index (κ3) is 3.46. The molecule has 2 aromatic rings. The highest BCUT2D eigenvalue weighted by atomic mass is 16.6. The molecule has 0 fully saturated rings. The fraction of sp³-hybridized carbons (Fsp3) is 0.0625. The van der Waals surface area contributed by atoms with Crippen molar-refractivity contribution in [2.24, 2.45) is 0 Å². The first-order valence-electron chi connectivity index (χ1n) is 7.62. The second-order valence-corrected chi connectivity index (χ2v) is 5.51. The van der Waals surface area contributed by atoms with E-state index in [1.807, 2.05) is 0 Å². The number of fused-ring (bicyclic) bond motifs is 1. The van der Waals surface area contributed by atoms with Gasteiger partial charge in [0.25, 0.3) is 29.1 Å². The Morgan fingerprint density at radius 1 is 0.929 bits per heavy atom. The number of nitro benzene ring substituents is 2. The highest BCUT2D eigenvalue weighted by Crippen LogP contribution is 2.25. The van der Waals surface area contributed by atoms with E-state index in [4.69, 9.17) is 4.74 Å². The molecule has 1 N–H and O–H groups in total. The van der Waals surface area contributed by atoms with Gasteiger partial charge in [-0.25, -0.2) is 0 Å². The molecular weight excluding hydrogens is 376 g/mol. The molecule has 3 amide bonds. The number of rotatable bonds is 6. The molecule has 0 radical (unpaired) electrons. The molecule has 0 unspecified atom stereocenters. The van der Waals surface area contributed by atoms with Crippen LogP contribution in [-0.4, -0.2) is 39.2 Å². The zero-order valence-electron chi connectivity index (χ0n) is 13.9. The average molecular weight is 386 g/mol. The summed E-state index contributed by atoms with van der Waals surface area (Å²) < 4.78 is 5.14. The SMILES string of the molecule is O=C(COc1ccc([N+](=O)[O-])cc1)NN1C(=O)c2ccc([N+](=O)[O-])cc2C1=O. The van der Waals surface area contributed by atoms with Gasteiger partial charge >= 0.3 is 0 Å². The van der Waals surface area contributed by atoms with Gasteiger partial charge in [0.15, 0.2) is 6.61 Å². The van der Waals surface area contributed by atoms with E-state index in [0.717, 1.165) is 18.2 Å². The van der Waals surface area contributed by atoms with Crippen molar-refractivity contribution in [3.8, 4) is 5.75 Å². The lowest BCUT2D eigenvalue weighted by Crippen LogP contribution is -2.47. The number of nitrogens with one attached hydrogen (secondary N) is 1. The van der Waals surface area contributed by atoms with E-state index < -0.39 is 34.2 Å². The summed E-state index contributed by atoms with van der Waals surface area (Å²) in [5, 5.41) is 21.8. The van der Waals surface area contributed by atoms with E-state index in [9.17, 15) is 34.6 Å². The largest absolute Gasteiger partial charge is 0.484 e. The number of nitrogens with zero attached hydrogens (tertiary/aromatic N) is 3. The number of nitro groups is 2. The number of hydrogen-bond donors (Lipinski definition) is 1. The number of hydrogen-bond acceptors (Lipinski definition) is 8. The third-order valence-corrected chi connectivity index (χ3v) is 3.73. The summed E-state index contributed by atoms with van der Waals surface area (Å²) in [4.78, 5) is 56.5. The summed E-state index contributed by atoms with van der Waals surface area (Å²) in [6.07, 6.45) is 0. The Morgan fingerprint density at radius 3 is 2.11 bits per heavy atom. The Hall–Kier alpha value is -4.35. The summed E-state index contributed by atoms with van der Waals surface area (Å²) >= 11 is 0. The van der Waals surface area contributed by atoms with Crippen molar-refractivity contribution >= 4 is 29.1 Å². The normalized spacial score (nSPS) is 12.5. The maximum atomic E-state index is 12.3. The molecule has 2 aromatic carbocycles. The fourth-order valence-electron chi connectivity index (χ4n) is 2.41. The zero-order valence-corrected chi connectivity index (χ0v) is 13.9. The van der Waals surface area contributed by atoms with Gasteiger partial charge in [-0.15, -0.1) is 0 Å². The van der Waals surface area contributed by atoms with Gasteiger partial charge in [-0.3, -0.25) is 40.0 Å². The van der Waals surface area contributed by atoms with Gasteiger partial charge in [0, 0.05) is 24.3 Å². The molecule has 0 spiro atoms. The molecular formula is C16H10N4O8. The zero-order chi connectivity index (χ0) is 20.4. The molecule has 1 aliphatic rings. The minimum Gasteiger partial charge on any atom is -0.484 e. The number of carbonyl (C=O) groups is 3. The minimum atomic E-state index is -0.910. The van der Waals surface area contributed by atoms with Crippen molar-refractivity contribution in [2.45, 2.75) is 0 Å². The molecule has 0 bridgehead atoms. The van der Waals surface area contributed by atoms with E-state index in [1.165, 1.54) is 24.3 Å². The fourth-order valence-corrected chi connectivity index (χ4v) is 2.41. The van der Waals surface area contributed by atoms with E-state index in [2.05, 4.69) is 5.43 Å². The molecule has 0 aromatic heterocycles. The van der Waals surface area contributed by atoms with Crippen molar-refractivity contribution < 1.29 is 29.0 Å². The first-order valence-corrected chi connectivity index (χ1v) is 7.62. The monoisotopic (exact) mass is 386 g/mol. The van der Waals surface area contributed by atoms with Crippen molar-refractivity contribution in [3.05, 3.63) is 73.8 Å². The molecule has 0 saturated heterocycles. The van der Waals surface area contributed by atoms with E-state index in [1.54, 1.807) is 0 Å². The first-order chi connectivity index (χ1) is 13.3. The van der Waals surface area contributed by atoms with Gasteiger partial charge in [0.05, 0.1) is 21.0 Å².